The van der Waals surface area contributed by atoms with Gasteiger partial charge in [0.1, 0.15) is 35.9 Å². The van der Waals surface area contributed by atoms with Crippen LogP contribution >= 0.6 is 0 Å². The zero-order chi connectivity index (χ0) is 39.2. The van der Waals surface area contributed by atoms with E-state index < -0.39 is 84.2 Å². The van der Waals surface area contributed by atoms with Crippen LogP contribution in [0.4, 0.5) is 0 Å². The molecule has 0 N–H and O–H groups in total. The van der Waals surface area contributed by atoms with Crippen molar-refractivity contribution in [3.8, 4) is 17.2 Å². The van der Waals surface area contributed by atoms with Crippen LogP contribution in [0.15, 0.2) is 63.7 Å². The van der Waals surface area contributed by atoms with Crippen LogP contribution in [0.1, 0.15) is 70.4 Å². The molecule has 0 radical (unpaired) electrons. The largest absolute Gasteiger partial charge is 0.483 e. The molecule has 6 unspecified atom stereocenters. The van der Waals surface area contributed by atoms with Crippen LogP contribution in [-0.4, -0.2) is 86.5 Å². The summed E-state index contributed by atoms with van der Waals surface area (Å²) in [5, 5.41) is 0. The number of carbonyl (C=O) groups is 5. The molecule has 1 aromatic heterocycles. The number of rotatable bonds is 9. The van der Waals surface area contributed by atoms with Gasteiger partial charge in [0.15, 0.2) is 18.0 Å². The molecule has 6 rings (SSSR count). The minimum absolute atomic E-state index is 0.102. The summed E-state index contributed by atoms with van der Waals surface area (Å²) in [4.78, 5) is 88.0. The number of hydrogen-bond acceptors (Lipinski definition) is 14. The number of aromatic nitrogens is 3. The monoisotopic (exact) mass is 749 g/mol. The molecule has 54 heavy (non-hydrogen) atoms. The molecule has 0 bridgehead atoms. The minimum Gasteiger partial charge on any atom is -0.483 e. The van der Waals surface area contributed by atoms with E-state index in [4.69, 9.17) is 33.2 Å². The lowest BCUT2D eigenvalue weighted by molar-refractivity contribution is -0.288. The van der Waals surface area contributed by atoms with E-state index in [1.165, 1.54) is 29.3 Å². The second kappa shape index (κ2) is 14.5. The van der Waals surface area contributed by atoms with E-state index >= 15 is 0 Å². The molecule has 4 heterocycles. The normalized spacial score (nSPS) is 23.6. The number of carbonyl (C=O) groups excluding carboxylic acids is 5. The van der Waals surface area contributed by atoms with Crippen molar-refractivity contribution in [3.05, 3.63) is 86.2 Å². The molecule has 17 heteroatoms. The molecule has 0 amide bonds. The van der Waals surface area contributed by atoms with Gasteiger partial charge in [0, 0.05) is 44.9 Å². The molecule has 286 valence electrons. The number of hydrogen-bond donors (Lipinski definition) is 0. The van der Waals surface area contributed by atoms with Crippen molar-refractivity contribution in [3.63, 3.8) is 0 Å². The number of ether oxygens (including phenoxy) is 7. The van der Waals surface area contributed by atoms with Crippen molar-refractivity contribution in [2.45, 2.75) is 97.4 Å². The van der Waals surface area contributed by atoms with Gasteiger partial charge < -0.3 is 33.2 Å². The van der Waals surface area contributed by atoms with Crippen LogP contribution in [0, 0.1) is 0 Å². The fraction of sp³-hybridized carbons (Fsp3) is 0.432. The highest BCUT2D eigenvalue weighted by molar-refractivity contribution is 5.94. The van der Waals surface area contributed by atoms with Crippen LogP contribution in [0.5, 0.6) is 11.5 Å². The van der Waals surface area contributed by atoms with Crippen molar-refractivity contribution < 1.29 is 57.1 Å². The molecule has 1 saturated heterocycles. The zero-order valence-electron chi connectivity index (χ0n) is 30.6. The predicted octanol–water partition coefficient (Wildman–Crippen LogP) is 2.17. The summed E-state index contributed by atoms with van der Waals surface area (Å²) in [6.07, 6.45) is -5.16. The van der Waals surface area contributed by atoms with Crippen molar-refractivity contribution in [2.24, 2.45) is 0 Å². The maximum atomic E-state index is 14.1. The third-order valence-electron chi connectivity index (χ3n) is 9.16. The number of benzene rings is 2. The van der Waals surface area contributed by atoms with Gasteiger partial charge in [0.05, 0.1) is 12.2 Å². The SMILES string of the molecule is CC(=O)OCC1OC(Oc2ccc3c(c2)OC(C)(C)C2=CCn4c(=O)n(-c5ccc(C(C)=O)cc5)c(=O)n4C23)C(OC(C)=O)C(OC(C)=O)C1OC(C)=O. The maximum absolute atomic E-state index is 14.1. The second-order valence-corrected chi connectivity index (χ2v) is 13.5. The van der Waals surface area contributed by atoms with E-state index in [9.17, 15) is 33.6 Å². The Hall–Kier alpha value is -5.97. The Morgan fingerprint density at radius 2 is 1.43 bits per heavy atom. The third-order valence-corrected chi connectivity index (χ3v) is 9.16. The molecule has 0 saturated carbocycles. The van der Waals surface area contributed by atoms with Crippen LogP contribution in [-0.2, 0) is 49.4 Å². The van der Waals surface area contributed by atoms with E-state index in [-0.39, 0.29) is 23.8 Å². The molecule has 3 aliphatic heterocycles. The van der Waals surface area contributed by atoms with Gasteiger partial charge in [-0.05, 0) is 62.7 Å². The lowest BCUT2D eigenvalue weighted by Gasteiger charge is -2.44. The fourth-order valence-corrected chi connectivity index (χ4v) is 6.93. The average Bonchev–Trinajstić information content (AvgIpc) is 3.34. The van der Waals surface area contributed by atoms with Gasteiger partial charge >= 0.3 is 35.3 Å². The van der Waals surface area contributed by atoms with Gasteiger partial charge in [0.2, 0.25) is 12.4 Å². The first kappa shape index (κ1) is 37.8. The summed E-state index contributed by atoms with van der Waals surface area (Å²) in [6, 6.07) is 10.1. The quantitative estimate of drug-likeness (QED) is 0.133. The standard InChI is InChI=1S/C37H39N3O14/c1-18(41)23-8-10-24(11-9-23)39-35(46)38-15-14-27-30(40(38)36(39)47)26-13-12-25(16-28(26)54-37(27,6)7)52-34-33(51-22(5)45)32(50-21(4)44)31(49-20(3)43)29(53-34)17-48-19(2)42/h8-14,16,29-34H,15,17H2,1-7H3. The molecule has 2 aromatic carbocycles. The molecular formula is C37H39N3O14. The van der Waals surface area contributed by atoms with Gasteiger partial charge in [-0.2, -0.15) is 0 Å². The molecular weight excluding hydrogens is 710 g/mol. The molecule has 3 aliphatic rings. The van der Waals surface area contributed by atoms with Crippen LogP contribution in [0.25, 0.3) is 5.69 Å². The molecule has 3 aromatic rings. The number of ketones is 1. The molecule has 0 spiro atoms. The summed E-state index contributed by atoms with van der Waals surface area (Å²) in [6.45, 7) is 9.24. The summed E-state index contributed by atoms with van der Waals surface area (Å²) in [5.41, 5.74) is -0.166. The Balaban J connectivity index is 1.39. The predicted molar refractivity (Wildman–Crippen MR) is 184 cm³/mol. The van der Waals surface area contributed by atoms with Crippen molar-refractivity contribution in [1.29, 1.82) is 0 Å². The van der Waals surface area contributed by atoms with E-state index in [1.807, 2.05) is 19.9 Å². The van der Waals surface area contributed by atoms with Crippen molar-refractivity contribution in [2.75, 3.05) is 6.61 Å². The fourth-order valence-electron chi connectivity index (χ4n) is 6.93. The molecule has 17 nitrogen and oxygen atoms in total. The lowest BCUT2D eigenvalue weighted by Crippen LogP contribution is -2.63. The van der Waals surface area contributed by atoms with Gasteiger partial charge in [-0.1, -0.05) is 6.08 Å². The molecule has 1 fully saturated rings. The summed E-state index contributed by atoms with van der Waals surface area (Å²) < 4.78 is 44.1. The van der Waals surface area contributed by atoms with Crippen LogP contribution in [0.2, 0.25) is 0 Å². The van der Waals surface area contributed by atoms with Crippen LogP contribution in [0.3, 0.4) is 0 Å². The highest BCUT2D eigenvalue weighted by atomic mass is 16.7. The number of esters is 4. The Kier molecular flexibility index (Phi) is 10.1. The Morgan fingerprint density at radius 1 is 0.796 bits per heavy atom. The van der Waals surface area contributed by atoms with Gasteiger partial charge in [-0.15, -0.1) is 0 Å². The summed E-state index contributed by atoms with van der Waals surface area (Å²) >= 11 is 0. The topological polar surface area (TPSA) is 199 Å². The average molecular weight is 750 g/mol. The van der Waals surface area contributed by atoms with Gasteiger partial charge in [0.25, 0.3) is 0 Å². The highest BCUT2D eigenvalue weighted by Crippen LogP contribution is 2.47. The molecule has 6 atom stereocenters. The minimum atomic E-state index is -1.50. The first-order chi connectivity index (χ1) is 25.5. The van der Waals surface area contributed by atoms with Crippen molar-refractivity contribution in [1.82, 2.24) is 13.9 Å². The number of nitrogens with zero attached hydrogens (tertiary/aromatic N) is 3. The lowest BCUT2D eigenvalue weighted by atomic mass is 9.83. The number of allylic oxidation sites excluding steroid dienone is 1. The van der Waals surface area contributed by atoms with E-state index in [0.717, 1.165) is 30.9 Å². The Labute approximate surface area is 307 Å². The van der Waals surface area contributed by atoms with Crippen molar-refractivity contribution >= 4 is 29.7 Å². The number of fused-ring (bicyclic) bond motifs is 5. The number of Topliss-reactive ketones (excluding diaryl/α,β-unsaturated/α-hetero) is 1. The molecule has 0 aliphatic carbocycles. The second-order valence-electron chi connectivity index (χ2n) is 13.5. The summed E-state index contributed by atoms with van der Waals surface area (Å²) in [5.74, 6) is -2.77. The summed E-state index contributed by atoms with van der Waals surface area (Å²) in [7, 11) is 0. The van der Waals surface area contributed by atoms with E-state index in [2.05, 4.69) is 0 Å². The first-order valence-electron chi connectivity index (χ1n) is 17.0. The maximum Gasteiger partial charge on any atom is 0.352 e. The van der Waals surface area contributed by atoms with Gasteiger partial charge in [-0.25, -0.2) is 23.5 Å². The smallest absolute Gasteiger partial charge is 0.352 e. The van der Waals surface area contributed by atoms with E-state index in [1.54, 1.807) is 36.4 Å². The third kappa shape index (κ3) is 7.18. The Bertz CT molecular complexity index is 2180. The van der Waals surface area contributed by atoms with Gasteiger partial charge in [-0.3, -0.25) is 24.0 Å². The van der Waals surface area contributed by atoms with Crippen LogP contribution < -0.4 is 20.9 Å². The highest BCUT2D eigenvalue weighted by Gasteiger charge is 2.53. The van der Waals surface area contributed by atoms with E-state index in [0.29, 0.717) is 16.8 Å². The zero-order valence-corrected chi connectivity index (χ0v) is 30.6. The first-order valence-corrected chi connectivity index (χ1v) is 17.0. The Morgan fingerprint density at radius 3 is 2.04 bits per heavy atom.